The van der Waals surface area contributed by atoms with Crippen molar-refractivity contribution < 1.29 is 19.1 Å². The molecule has 0 saturated heterocycles. The number of carbonyl (C=O) groups is 2. The number of nitrogens with zero attached hydrogens (tertiary/aromatic N) is 5. The molecule has 5 rings (SSSR count). The molecule has 9 nitrogen and oxygen atoms in total. The second kappa shape index (κ2) is 7.99. The van der Waals surface area contributed by atoms with Crippen molar-refractivity contribution in [3.8, 4) is 17.0 Å². The van der Waals surface area contributed by atoms with Gasteiger partial charge in [-0.05, 0) is 43.5 Å². The second-order valence-electron chi connectivity index (χ2n) is 7.98. The molecule has 3 aromatic rings. The Morgan fingerprint density at radius 1 is 1.06 bits per heavy atom. The third kappa shape index (κ3) is 3.66. The van der Waals surface area contributed by atoms with Gasteiger partial charge in [-0.2, -0.15) is 5.10 Å². The van der Waals surface area contributed by atoms with Crippen LogP contribution in [0.2, 0.25) is 0 Å². The fourth-order valence-corrected chi connectivity index (χ4v) is 3.93. The van der Waals surface area contributed by atoms with Crippen molar-refractivity contribution in [3.05, 3.63) is 55.0 Å². The minimum Gasteiger partial charge on any atom is -0.452 e. The quantitative estimate of drug-likeness (QED) is 0.613. The van der Waals surface area contributed by atoms with Gasteiger partial charge in [0.15, 0.2) is 0 Å². The Hall–Kier alpha value is -3.88. The van der Waals surface area contributed by atoms with Crippen LogP contribution in [0.25, 0.3) is 11.1 Å². The Balaban J connectivity index is 1.53. The van der Waals surface area contributed by atoms with Crippen LogP contribution in [0.15, 0.2) is 55.0 Å². The monoisotopic (exact) mass is 433 g/mol. The first-order valence-electron chi connectivity index (χ1n) is 10.5. The molecule has 32 heavy (non-hydrogen) atoms. The first-order chi connectivity index (χ1) is 15.5. The third-order valence-corrected chi connectivity index (χ3v) is 5.69. The molecule has 9 heteroatoms. The Labute approximate surface area is 185 Å². The number of ether oxygens (including phenoxy) is 2. The summed E-state index contributed by atoms with van der Waals surface area (Å²) in [6.45, 7) is 2.10. The van der Waals surface area contributed by atoms with E-state index in [9.17, 15) is 9.59 Å². The summed E-state index contributed by atoms with van der Waals surface area (Å²) >= 11 is 0. The van der Waals surface area contributed by atoms with Crippen molar-refractivity contribution in [3.63, 3.8) is 0 Å². The van der Waals surface area contributed by atoms with Crippen molar-refractivity contribution in [1.29, 1.82) is 0 Å². The average Bonchev–Trinajstić information content (AvgIpc) is 3.55. The molecule has 0 unspecified atom stereocenters. The molecule has 2 amide bonds. The highest BCUT2D eigenvalue weighted by Gasteiger charge is 2.37. The van der Waals surface area contributed by atoms with Gasteiger partial charge in [0.25, 0.3) is 0 Å². The van der Waals surface area contributed by atoms with Crippen molar-refractivity contribution in [2.75, 3.05) is 23.5 Å². The van der Waals surface area contributed by atoms with Crippen molar-refractivity contribution in [2.45, 2.75) is 31.8 Å². The van der Waals surface area contributed by atoms with E-state index in [1.54, 1.807) is 29.3 Å². The molecule has 2 aromatic heterocycles. The molecule has 1 aromatic carbocycles. The zero-order valence-corrected chi connectivity index (χ0v) is 17.8. The maximum Gasteiger partial charge on any atom is 0.421 e. The highest BCUT2D eigenvalue weighted by Crippen LogP contribution is 2.40. The molecule has 3 heterocycles. The van der Waals surface area contributed by atoms with Crippen LogP contribution in [-0.4, -0.2) is 46.6 Å². The van der Waals surface area contributed by atoms with E-state index < -0.39 is 12.2 Å². The molecule has 0 radical (unpaired) electrons. The standard InChI is InChI=1S/C23H23N5O4/c1-15-13-26(22(29)32-21-5-3-4-10-24-21)20-11-16(6-9-19(20)28(15)23(30)31-2)17-12-25-27(14-17)18-7-8-18/h3-6,9-12,14-15,18H,7-8,13H2,1-2H3/t15-/m0/s1. The summed E-state index contributed by atoms with van der Waals surface area (Å²) in [5, 5.41) is 4.46. The maximum absolute atomic E-state index is 13.1. The van der Waals surface area contributed by atoms with Gasteiger partial charge in [-0.15, -0.1) is 0 Å². The van der Waals surface area contributed by atoms with E-state index >= 15 is 0 Å². The molecular weight excluding hydrogens is 410 g/mol. The van der Waals surface area contributed by atoms with Gasteiger partial charge >= 0.3 is 12.2 Å². The van der Waals surface area contributed by atoms with Gasteiger partial charge in [-0.25, -0.2) is 14.6 Å². The largest absolute Gasteiger partial charge is 0.452 e. The summed E-state index contributed by atoms with van der Waals surface area (Å²) in [7, 11) is 1.34. The van der Waals surface area contributed by atoms with E-state index in [0.717, 1.165) is 24.0 Å². The molecule has 1 atom stereocenters. The van der Waals surface area contributed by atoms with Crippen LogP contribution >= 0.6 is 0 Å². The van der Waals surface area contributed by atoms with Crippen molar-refractivity contribution in [1.82, 2.24) is 14.8 Å². The average molecular weight is 433 g/mol. The van der Waals surface area contributed by atoms with Gasteiger partial charge in [0, 0.05) is 24.0 Å². The van der Waals surface area contributed by atoms with Gasteiger partial charge in [0.1, 0.15) is 0 Å². The van der Waals surface area contributed by atoms with Gasteiger partial charge < -0.3 is 9.47 Å². The fourth-order valence-electron chi connectivity index (χ4n) is 3.93. The molecule has 164 valence electrons. The van der Waals surface area contributed by atoms with E-state index in [0.29, 0.717) is 17.4 Å². The number of carbonyl (C=O) groups excluding carboxylic acids is 2. The van der Waals surface area contributed by atoms with Gasteiger partial charge in [0.2, 0.25) is 5.88 Å². The van der Waals surface area contributed by atoms with Crippen LogP contribution in [0.4, 0.5) is 21.0 Å². The van der Waals surface area contributed by atoms with Gasteiger partial charge in [-0.1, -0.05) is 12.1 Å². The number of methoxy groups -OCH3 is 1. The summed E-state index contributed by atoms with van der Waals surface area (Å²) in [6.07, 6.45) is 6.64. The van der Waals surface area contributed by atoms with E-state index in [-0.39, 0.29) is 18.5 Å². The topological polar surface area (TPSA) is 89.8 Å². The third-order valence-electron chi connectivity index (χ3n) is 5.69. The van der Waals surface area contributed by atoms with Gasteiger partial charge in [-0.3, -0.25) is 14.5 Å². The number of benzene rings is 1. The lowest BCUT2D eigenvalue weighted by Gasteiger charge is -2.39. The summed E-state index contributed by atoms with van der Waals surface area (Å²) in [5.41, 5.74) is 2.98. The lowest BCUT2D eigenvalue weighted by molar-refractivity contribution is 0.175. The number of anilines is 2. The normalized spacial score (nSPS) is 17.6. The zero-order valence-electron chi connectivity index (χ0n) is 17.8. The van der Waals surface area contributed by atoms with Crippen LogP contribution in [0, 0.1) is 0 Å². The van der Waals surface area contributed by atoms with Crippen LogP contribution in [0.3, 0.4) is 0 Å². The van der Waals surface area contributed by atoms with Gasteiger partial charge in [0.05, 0.1) is 43.3 Å². The first-order valence-corrected chi connectivity index (χ1v) is 10.5. The van der Waals surface area contributed by atoms with Crippen LogP contribution in [0.1, 0.15) is 25.8 Å². The number of aromatic nitrogens is 3. The number of hydrogen-bond acceptors (Lipinski definition) is 6. The predicted molar refractivity (Wildman–Crippen MR) is 118 cm³/mol. The number of pyridine rings is 1. The fraction of sp³-hybridized carbons (Fsp3) is 0.304. The summed E-state index contributed by atoms with van der Waals surface area (Å²) < 4.78 is 12.5. The first kappa shape index (κ1) is 20.0. The van der Waals surface area contributed by atoms with E-state index in [1.807, 2.05) is 42.2 Å². The molecule has 0 spiro atoms. The molecule has 1 saturated carbocycles. The predicted octanol–water partition coefficient (Wildman–Crippen LogP) is 4.26. The minimum absolute atomic E-state index is 0.212. The SMILES string of the molecule is COC(=O)N1c2ccc(-c3cnn(C4CC4)c3)cc2N(C(=O)Oc2ccccn2)C[C@@H]1C. The number of amides is 2. The highest BCUT2D eigenvalue weighted by molar-refractivity contribution is 6.02. The van der Waals surface area contributed by atoms with Crippen LogP contribution < -0.4 is 14.5 Å². The second-order valence-corrected chi connectivity index (χ2v) is 7.98. The minimum atomic E-state index is -0.563. The zero-order chi connectivity index (χ0) is 22.2. The van der Waals surface area contributed by atoms with Crippen molar-refractivity contribution in [2.24, 2.45) is 0 Å². The van der Waals surface area contributed by atoms with Crippen LogP contribution in [0.5, 0.6) is 5.88 Å². The molecule has 1 fully saturated rings. The molecule has 0 bridgehead atoms. The molecule has 0 N–H and O–H groups in total. The molecular formula is C23H23N5O4. The molecule has 2 aliphatic rings. The maximum atomic E-state index is 13.1. The van der Waals surface area contributed by atoms with E-state index in [2.05, 4.69) is 10.1 Å². The Bertz CT molecular complexity index is 1160. The lowest BCUT2D eigenvalue weighted by atomic mass is 10.0. The molecule has 1 aliphatic heterocycles. The lowest BCUT2D eigenvalue weighted by Crippen LogP contribution is -2.52. The Kier molecular flexibility index (Phi) is 5.01. The summed E-state index contributed by atoms with van der Waals surface area (Å²) in [5.74, 6) is 0.212. The smallest absolute Gasteiger partial charge is 0.421 e. The summed E-state index contributed by atoms with van der Waals surface area (Å²) in [4.78, 5) is 32.7. The molecule has 1 aliphatic carbocycles. The number of rotatable bonds is 3. The summed E-state index contributed by atoms with van der Waals surface area (Å²) in [6, 6.07) is 10.9. The van der Waals surface area contributed by atoms with E-state index in [1.165, 1.54) is 12.0 Å². The van der Waals surface area contributed by atoms with E-state index in [4.69, 9.17) is 9.47 Å². The highest BCUT2D eigenvalue weighted by atomic mass is 16.6. The Morgan fingerprint density at radius 2 is 1.91 bits per heavy atom. The Morgan fingerprint density at radius 3 is 2.62 bits per heavy atom. The van der Waals surface area contributed by atoms with Crippen LogP contribution in [-0.2, 0) is 4.74 Å². The number of fused-ring (bicyclic) bond motifs is 1. The van der Waals surface area contributed by atoms with Crippen molar-refractivity contribution >= 4 is 23.6 Å². The number of hydrogen-bond donors (Lipinski definition) is 0.